The molecule has 4 atom stereocenters. The number of benzene rings is 2. The van der Waals surface area contributed by atoms with Crippen LogP contribution >= 0.6 is 0 Å². The Labute approximate surface area is 379 Å². The van der Waals surface area contributed by atoms with Crippen LogP contribution in [0, 0.1) is 29.0 Å². The van der Waals surface area contributed by atoms with E-state index in [2.05, 4.69) is 73.2 Å². The van der Waals surface area contributed by atoms with Gasteiger partial charge in [0.1, 0.15) is 54.8 Å². The van der Waals surface area contributed by atoms with Gasteiger partial charge < -0.3 is 34.2 Å². The summed E-state index contributed by atoms with van der Waals surface area (Å²) in [6.07, 6.45) is 2.11. The van der Waals surface area contributed by atoms with Crippen LogP contribution in [0.4, 0.5) is 19.0 Å². The van der Waals surface area contributed by atoms with Crippen LogP contribution in [0.25, 0.3) is 32.9 Å². The Kier molecular flexibility index (Phi) is 14.6. The topological polar surface area (TPSA) is 131 Å². The molecular formula is C45H55F3N5NaO6Si. The molecule has 322 valence electrons. The van der Waals surface area contributed by atoms with E-state index in [1.807, 2.05) is 0 Å². The monoisotopic (exact) mass is 869 g/mol. The Morgan fingerprint density at radius 1 is 1.03 bits per heavy atom. The molecule has 3 fully saturated rings. The van der Waals surface area contributed by atoms with Gasteiger partial charge in [-0.15, -0.1) is 5.54 Å². The van der Waals surface area contributed by atoms with Crippen LogP contribution in [0.5, 0.6) is 17.6 Å². The number of carbonyl (C=O) groups is 1. The van der Waals surface area contributed by atoms with Crippen molar-refractivity contribution in [1.29, 1.82) is 0 Å². The van der Waals surface area contributed by atoms with Gasteiger partial charge in [-0.3, -0.25) is 4.90 Å². The minimum absolute atomic E-state index is 0. The van der Waals surface area contributed by atoms with Crippen LogP contribution in [-0.4, -0.2) is 92.4 Å². The number of carboxylic acids is 1. The Morgan fingerprint density at radius 3 is 2.43 bits per heavy atom. The van der Waals surface area contributed by atoms with E-state index in [9.17, 15) is 14.3 Å². The number of halogens is 3. The van der Waals surface area contributed by atoms with Crippen molar-refractivity contribution in [2.45, 2.75) is 114 Å². The van der Waals surface area contributed by atoms with E-state index in [4.69, 9.17) is 23.9 Å². The van der Waals surface area contributed by atoms with Gasteiger partial charge in [0, 0.05) is 49.0 Å². The van der Waals surface area contributed by atoms with E-state index in [0.717, 1.165) is 19.4 Å². The molecule has 3 aliphatic rings. The maximum atomic E-state index is 17.7. The molecule has 4 heterocycles. The van der Waals surface area contributed by atoms with E-state index in [-0.39, 0.29) is 117 Å². The van der Waals surface area contributed by atoms with E-state index in [1.54, 1.807) is 18.2 Å². The first-order valence-electron chi connectivity index (χ1n) is 21.0. The number of anilines is 1. The number of hydrogen-bond donors (Lipinski definition) is 1. The SMILES string of the molecule is COCOc1cc(-c2nc(OC)c3c(N[C@@H]4CC[C@H](C(=O)[O-])C4)nc(OC[C@@]45CCCN4C[C@H](F)C5)nc3c2F)c2c(C#C[Si](C(C)C)(C(C)C)C(C)C)c(F)ccc2c1.[Na+]. The molecule has 0 spiro atoms. The third kappa shape index (κ3) is 8.95. The zero-order chi connectivity index (χ0) is 43.1. The minimum Gasteiger partial charge on any atom is -0.550 e. The predicted molar refractivity (Wildman–Crippen MR) is 225 cm³/mol. The summed E-state index contributed by atoms with van der Waals surface area (Å²) in [5.74, 6) is 0.492. The van der Waals surface area contributed by atoms with E-state index < -0.39 is 43.3 Å². The zero-order valence-corrected chi connectivity index (χ0v) is 39.7. The summed E-state index contributed by atoms with van der Waals surface area (Å²) < 4.78 is 72.0. The summed E-state index contributed by atoms with van der Waals surface area (Å²) in [6, 6.07) is 5.76. The molecule has 16 heteroatoms. The molecule has 0 radical (unpaired) electrons. The molecule has 11 nitrogen and oxygen atoms in total. The number of ether oxygens (including phenoxy) is 4. The molecule has 0 amide bonds. The van der Waals surface area contributed by atoms with Gasteiger partial charge in [0.05, 0.1) is 18.2 Å². The van der Waals surface area contributed by atoms with Crippen molar-refractivity contribution >= 4 is 41.5 Å². The van der Waals surface area contributed by atoms with Crippen LogP contribution in [0.3, 0.4) is 0 Å². The summed E-state index contributed by atoms with van der Waals surface area (Å²) in [5, 5.41) is 16.1. The van der Waals surface area contributed by atoms with Crippen LogP contribution in [0.15, 0.2) is 24.3 Å². The number of carbonyl (C=O) groups excluding carboxylic acids is 1. The normalized spacial score (nSPS) is 21.5. The molecule has 2 aliphatic heterocycles. The number of nitrogens with one attached hydrogen (secondary N) is 1. The number of pyridine rings is 1. The molecule has 2 aromatic carbocycles. The number of aromatic nitrogens is 3. The molecule has 1 saturated carbocycles. The van der Waals surface area contributed by atoms with Crippen LogP contribution in [-0.2, 0) is 9.53 Å². The van der Waals surface area contributed by atoms with Gasteiger partial charge in [0.15, 0.2) is 12.6 Å². The summed E-state index contributed by atoms with van der Waals surface area (Å²) in [5.41, 5.74) is 3.83. The molecular weight excluding hydrogens is 815 g/mol. The fourth-order valence-corrected chi connectivity index (χ4v) is 15.5. The Bertz CT molecular complexity index is 2320. The Balaban J connectivity index is 0.00000622. The van der Waals surface area contributed by atoms with Crippen molar-refractivity contribution in [2.75, 3.05) is 46.0 Å². The standard InChI is InChI=1S/C45H56F3N5O6Si.Na/c1-25(2)60(26(3)4,27(5)6)17-14-33-35(47)13-11-28-19-32(59-24-56-7)20-34(36(28)33)39-38(48)40-37(42(50-39)57-8)41(49-31-12-10-29(18-31)43(54)55)52-44(51-40)58-23-45-15-9-16-53(45)22-30(46)21-45;/h11,13,19-20,25-27,29-31H,9-10,12,15-16,18,21-24H2,1-8H3,(H,54,55)(H,49,51,52);/q;+1/p-1/t29-,30+,31+,45-;/m0./s1. The number of nitrogens with zero attached hydrogens (tertiary/aromatic N) is 4. The second kappa shape index (κ2) is 19.0. The molecule has 7 rings (SSSR count). The van der Waals surface area contributed by atoms with Gasteiger partial charge in [-0.2, -0.15) is 9.97 Å². The number of alkyl halides is 1. The first kappa shape index (κ1) is 46.8. The maximum absolute atomic E-state index is 17.7. The first-order valence-corrected chi connectivity index (χ1v) is 23.2. The number of methoxy groups -OCH3 is 2. The van der Waals surface area contributed by atoms with Gasteiger partial charge in [-0.25, -0.2) is 18.2 Å². The van der Waals surface area contributed by atoms with Crippen molar-refractivity contribution in [3.05, 3.63) is 41.5 Å². The molecule has 4 aromatic rings. The fraction of sp³-hybridized carbons (Fsp3) is 0.556. The molecule has 1 aliphatic carbocycles. The second-order valence-electron chi connectivity index (χ2n) is 17.6. The number of fused-ring (bicyclic) bond motifs is 3. The van der Waals surface area contributed by atoms with Crippen molar-refractivity contribution < 1.29 is 71.6 Å². The average molecular weight is 870 g/mol. The minimum atomic E-state index is -2.35. The van der Waals surface area contributed by atoms with Crippen molar-refractivity contribution in [2.24, 2.45) is 5.92 Å². The quantitative estimate of drug-likeness (QED) is 0.105. The third-order valence-electron chi connectivity index (χ3n) is 13.2. The second-order valence-corrected chi connectivity index (χ2v) is 23.2. The van der Waals surface area contributed by atoms with Crippen LogP contribution in [0.2, 0.25) is 16.6 Å². The third-order valence-corrected chi connectivity index (χ3v) is 19.5. The smallest absolute Gasteiger partial charge is 0.550 e. The van der Waals surface area contributed by atoms with Gasteiger partial charge in [-0.05, 0) is 78.9 Å². The molecule has 0 bridgehead atoms. The van der Waals surface area contributed by atoms with Crippen LogP contribution in [0.1, 0.15) is 85.6 Å². The summed E-state index contributed by atoms with van der Waals surface area (Å²) in [6.45, 7) is 14.1. The van der Waals surface area contributed by atoms with Crippen LogP contribution < -0.4 is 54.2 Å². The summed E-state index contributed by atoms with van der Waals surface area (Å²) in [4.78, 5) is 27.9. The Hall–Kier alpha value is -3.65. The largest absolute Gasteiger partial charge is 1.00 e. The number of aliphatic carboxylic acids is 1. The van der Waals surface area contributed by atoms with Gasteiger partial charge in [-0.1, -0.05) is 53.5 Å². The molecule has 1 N–H and O–H groups in total. The van der Waals surface area contributed by atoms with Gasteiger partial charge >= 0.3 is 35.6 Å². The summed E-state index contributed by atoms with van der Waals surface area (Å²) in [7, 11) is 0.519. The fourth-order valence-electron chi connectivity index (χ4n) is 10.3. The molecule has 0 unspecified atom stereocenters. The van der Waals surface area contributed by atoms with Crippen molar-refractivity contribution in [1.82, 2.24) is 19.9 Å². The van der Waals surface area contributed by atoms with Crippen molar-refractivity contribution in [3.8, 4) is 40.4 Å². The first-order chi connectivity index (χ1) is 28.6. The molecule has 2 aromatic heterocycles. The average Bonchev–Trinajstić information content (AvgIpc) is 3.91. The molecule has 2 saturated heterocycles. The zero-order valence-electron chi connectivity index (χ0n) is 36.7. The maximum Gasteiger partial charge on any atom is 1.00 e. The van der Waals surface area contributed by atoms with E-state index in [0.29, 0.717) is 42.3 Å². The number of carboxylic acid groups (broad SMARTS) is 1. The number of hydrogen-bond acceptors (Lipinski definition) is 11. The number of rotatable bonds is 14. The van der Waals surface area contributed by atoms with Crippen molar-refractivity contribution in [3.63, 3.8) is 0 Å². The molecule has 61 heavy (non-hydrogen) atoms. The Morgan fingerprint density at radius 2 is 1.77 bits per heavy atom. The van der Waals surface area contributed by atoms with Gasteiger partial charge in [0.25, 0.3) is 0 Å². The van der Waals surface area contributed by atoms with E-state index in [1.165, 1.54) is 20.3 Å². The van der Waals surface area contributed by atoms with E-state index >= 15 is 8.78 Å². The van der Waals surface area contributed by atoms with Gasteiger partial charge in [0.2, 0.25) is 5.88 Å². The summed E-state index contributed by atoms with van der Waals surface area (Å²) >= 11 is 0. The predicted octanol–water partition coefficient (Wildman–Crippen LogP) is 4.97.